The van der Waals surface area contributed by atoms with Gasteiger partial charge >= 0.3 is 0 Å². The Bertz CT molecular complexity index is 324. The van der Waals surface area contributed by atoms with Crippen molar-refractivity contribution in [1.29, 1.82) is 0 Å². The first-order valence-corrected chi connectivity index (χ1v) is 6.55. The average Bonchev–Trinajstić information content (AvgIpc) is 2.96. The largest absolute Gasteiger partial charge is 0.353 e. The topological polar surface area (TPSA) is 29.9 Å². The fourth-order valence-electron chi connectivity index (χ4n) is 2.36. The van der Waals surface area contributed by atoms with Crippen molar-refractivity contribution in [2.24, 2.45) is 5.92 Å². The van der Waals surface area contributed by atoms with Crippen LogP contribution in [0.25, 0.3) is 0 Å². The van der Waals surface area contributed by atoms with E-state index < -0.39 is 0 Å². The van der Waals surface area contributed by atoms with Crippen LogP contribution in [0.15, 0.2) is 12.4 Å². The van der Waals surface area contributed by atoms with Crippen LogP contribution in [0.1, 0.15) is 52.5 Å². The van der Waals surface area contributed by atoms with E-state index in [1.807, 2.05) is 6.20 Å². The van der Waals surface area contributed by atoms with Crippen molar-refractivity contribution in [2.75, 3.05) is 5.32 Å². The number of hydrogen-bond acceptors (Lipinski definition) is 2. The summed E-state index contributed by atoms with van der Waals surface area (Å²) in [6, 6.07) is 1.22. The minimum Gasteiger partial charge on any atom is -0.353 e. The van der Waals surface area contributed by atoms with Crippen LogP contribution >= 0.6 is 0 Å². The second kappa shape index (κ2) is 4.89. The Kier molecular flexibility index (Phi) is 3.52. The summed E-state index contributed by atoms with van der Waals surface area (Å²) < 4.78 is 2.30. The molecule has 2 rings (SSSR count). The SMILES string of the molecule is CCC(CC)C(C)n1ccnc1NC1CC1. The zero-order valence-corrected chi connectivity index (χ0v) is 10.6. The van der Waals surface area contributed by atoms with E-state index in [1.54, 1.807) is 0 Å². The van der Waals surface area contributed by atoms with Gasteiger partial charge in [0, 0.05) is 24.5 Å². The van der Waals surface area contributed by atoms with E-state index in [0.717, 1.165) is 11.9 Å². The molecule has 16 heavy (non-hydrogen) atoms. The van der Waals surface area contributed by atoms with Crippen LogP contribution in [0, 0.1) is 5.92 Å². The van der Waals surface area contributed by atoms with Gasteiger partial charge in [0.25, 0.3) is 0 Å². The maximum Gasteiger partial charge on any atom is 0.203 e. The summed E-state index contributed by atoms with van der Waals surface area (Å²) in [6.07, 6.45) is 9.08. The highest BCUT2D eigenvalue weighted by Crippen LogP contribution is 2.29. The Morgan fingerprint density at radius 2 is 2.12 bits per heavy atom. The number of nitrogens with one attached hydrogen (secondary N) is 1. The number of nitrogens with zero attached hydrogens (tertiary/aromatic N) is 2. The smallest absolute Gasteiger partial charge is 0.203 e. The average molecular weight is 221 g/mol. The van der Waals surface area contributed by atoms with Gasteiger partial charge in [0.05, 0.1) is 0 Å². The van der Waals surface area contributed by atoms with E-state index in [4.69, 9.17) is 0 Å². The van der Waals surface area contributed by atoms with E-state index in [1.165, 1.54) is 25.7 Å². The molecule has 0 saturated heterocycles. The van der Waals surface area contributed by atoms with E-state index in [-0.39, 0.29) is 0 Å². The summed E-state index contributed by atoms with van der Waals surface area (Å²) >= 11 is 0. The fraction of sp³-hybridized carbons (Fsp3) is 0.769. The molecule has 1 heterocycles. The number of anilines is 1. The summed E-state index contributed by atoms with van der Waals surface area (Å²) in [5.74, 6) is 1.80. The highest BCUT2D eigenvalue weighted by Gasteiger charge is 2.24. The Morgan fingerprint density at radius 3 is 2.69 bits per heavy atom. The van der Waals surface area contributed by atoms with Gasteiger partial charge in [0.15, 0.2) is 0 Å². The normalized spacial score (nSPS) is 17.8. The molecule has 1 aliphatic carbocycles. The summed E-state index contributed by atoms with van der Waals surface area (Å²) in [4.78, 5) is 4.42. The van der Waals surface area contributed by atoms with Crippen LogP contribution in [0.4, 0.5) is 5.95 Å². The molecule has 1 unspecified atom stereocenters. The molecule has 90 valence electrons. The van der Waals surface area contributed by atoms with E-state index in [0.29, 0.717) is 12.1 Å². The standard InChI is InChI=1S/C13H23N3/c1-4-11(5-2)10(3)16-9-8-14-13(16)15-12-6-7-12/h8-12H,4-7H2,1-3H3,(H,14,15). The van der Waals surface area contributed by atoms with Crippen molar-refractivity contribution in [3.05, 3.63) is 12.4 Å². The Morgan fingerprint density at radius 1 is 1.44 bits per heavy atom. The highest BCUT2D eigenvalue weighted by molar-refractivity contribution is 5.30. The Labute approximate surface area is 98.3 Å². The quantitative estimate of drug-likeness (QED) is 0.797. The zero-order valence-electron chi connectivity index (χ0n) is 10.6. The van der Waals surface area contributed by atoms with E-state index in [9.17, 15) is 0 Å². The molecule has 0 aliphatic heterocycles. The number of rotatable bonds is 6. The third kappa shape index (κ3) is 2.39. The molecule has 0 radical (unpaired) electrons. The molecule has 1 aromatic heterocycles. The molecule has 3 nitrogen and oxygen atoms in total. The molecule has 0 amide bonds. The molecule has 1 saturated carbocycles. The predicted molar refractivity (Wildman–Crippen MR) is 67.7 cm³/mol. The first-order valence-electron chi connectivity index (χ1n) is 6.55. The Hall–Kier alpha value is -0.990. The molecular formula is C13H23N3. The van der Waals surface area contributed by atoms with Gasteiger partial charge in [-0.05, 0) is 25.7 Å². The van der Waals surface area contributed by atoms with Crippen LogP contribution in [-0.2, 0) is 0 Å². The molecular weight excluding hydrogens is 198 g/mol. The van der Waals surface area contributed by atoms with Crippen molar-refractivity contribution >= 4 is 5.95 Å². The lowest BCUT2D eigenvalue weighted by molar-refractivity contribution is 0.335. The summed E-state index contributed by atoms with van der Waals surface area (Å²) in [6.45, 7) is 6.85. The van der Waals surface area contributed by atoms with Gasteiger partial charge in [0.1, 0.15) is 0 Å². The molecule has 3 heteroatoms. The summed E-state index contributed by atoms with van der Waals surface area (Å²) in [5, 5.41) is 3.50. The lowest BCUT2D eigenvalue weighted by Gasteiger charge is -2.24. The van der Waals surface area contributed by atoms with Gasteiger partial charge in [0.2, 0.25) is 5.95 Å². The van der Waals surface area contributed by atoms with Gasteiger partial charge in [-0.2, -0.15) is 0 Å². The molecule has 0 aromatic carbocycles. The first kappa shape index (κ1) is 11.5. The van der Waals surface area contributed by atoms with Gasteiger partial charge in [-0.25, -0.2) is 4.98 Å². The first-order chi connectivity index (χ1) is 7.76. The van der Waals surface area contributed by atoms with Crippen molar-refractivity contribution in [3.63, 3.8) is 0 Å². The molecule has 0 spiro atoms. The maximum atomic E-state index is 4.42. The van der Waals surface area contributed by atoms with E-state index in [2.05, 4.69) is 41.8 Å². The second-order valence-corrected chi connectivity index (χ2v) is 4.89. The molecule has 1 N–H and O–H groups in total. The molecule has 1 atom stereocenters. The fourth-order valence-corrected chi connectivity index (χ4v) is 2.36. The monoisotopic (exact) mass is 221 g/mol. The summed E-state index contributed by atoms with van der Waals surface area (Å²) in [7, 11) is 0. The highest BCUT2D eigenvalue weighted by atomic mass is 15.2. The third-order valence-corrected chi connectivity index (χ3v) is 3.75. The number of imidazole rings is 1. The van der Waals surface area contributed by atoms with Gasteiger partial charge in [-0.15, -0.1) is 0 Å². The molecule has 1 aliphatic rings. The van der Waals surface area contributed by atoms with Gasteiger partial charge < -0.3 is 9.88 Å². The second-order valence-electron chi connectivity index (χ2n) is 4.89. The Balaban J connectivity index is 2.08. The van der Waals surface area contributed by atoms with Gasteiger partial charge in [-0.3, -0.25) is 0 Å². The van der Waals surface area contributed by atoms with Crippen LogP contribution in [0.2, 0.25) is 0 Å². The van der Waals surface area contributed by atoms with Crippen molar-refractivity contribution in [3.8, 4) is 0 Å². The van der Waals surface area contributed by atoms with Crippen molar-refractivity contribution in [2.45, 2.75) is 58.5 Å². The van der Waals surface area contributed by atoms with Crippen LogP contribution in [0.5, 0.6) is 0 Å². The lowest BCUT2D eigenvalue weighted by atomic mass is 9.95. The molecule has 0 bridgehead atoms. The predicted octanol–water partition coefficient (Wildman–Crippen LogP) is 3.45. The van der Waals surface area contributed by atoms with Crippen molar-refractivity contribution in [1.82, 2.24) is 9.55 Å². The molecule has 1 fully saturated rings. The minimum atomic E-state index is 0.541. The minimum absolute atomic E-state index is 0.541. The number of hydrogen-bond donors (Lipinski definition) is 1. The number of aromatic nitrogens is 2. The van der Waals surface area contributed by atoms with E-state index >= 15 is 0 Å². The summed E-state index contributed by atoms with van der Waals surface area (Å²) in [5.41, 5.74) is 0. The van der Waals surface area contributed by atoms with Crippen LogP contribution < -0.4 is 5.32 Å². The lowest BCUT2D eigenvalue weighted by Crippen LogP contribution is -2.18. The van der Waals surface area contributed by atoms with Crippen LogP contribution in [0.3, 0.4) is 0 Å². The van der Waals surface area contributed by atoms with Gasteiger partial charge in [-0.1, -0.05) is 26.7 Å². The third-order valence-electron chi connectivity index (χ3n) is 3.75. The maximum absolute atomic E-state index is 4.42. The van der Waals surface area contributed by atoms with Crippen LogP contribution in [-0.4, -0.2) is 15.6 Å². The zero-order chi connectivity index (χ0) is 11.5. The van der Waals surface area contributed by atoms with Crippen molar-refractivity contribution < 1.29 is 0 Å². The molecule has 1 aromatic rings.